The molecule has 5 rings (SSSR count). The van der Waals surface area contributed by atoms with Crippen LogP contribution in [0.2, 0.25) is 0 Å². The summed E-state index contributed by atoms with van der Waals surface area (Å²) >= 11 is 0. The molecule has 35 heavy (non-hydrogen) atoms. The Kier molecular flexibility index (Phi) is 6.30. The number of benzene rings is 1. The standard InChI is InChI=1S/C22H22FN9O3/c1-34-21-16(2-3-18(23)17(21)7-24)19-11-30-4-5-31(10-15(30)12-35-19)20(33)6-14-8-25-22(26-9-14)32-13-27-28-29-32/h2-3,8-9,13,15,19H,4-6,10-12H2,1H3/t15-,19+/m0/s1. The van der Waals surface area contributed by atoms with Crippen LogP contribution in [0.15, 0.2) is 30.9 Å². The highest BCUT2D eigenvalue weighted by Crippen LogP contribution is 2.35. The fraction of sp³-hybridized carbons (Fsp3) is 0.409. The van der Waals surface area contributed by atoms with Gasteiger partial charge in [-0.3, -0.25) is 9.69 Å². The van der Waals surface area contributed by atoms with Gasteiger partial charge in [-0.2, -0.15) is 9.94 Å². The van der Waals surface area contributed by atoms with Crippen LogP contribution in [0.4, 0.5) is 4.39 Å². The van der Waals surface area contributed by atoms with Crippen molar-refractivity contribution < 1.29 is 18.7 Å². The lowest BCUT2D eigenvalue weighted by Crippen LogP contribution is -2.59. The molecule has 1 amide bonds. The predicted molar refractivity (Wildman–Crippen MR) is 117 cm³/mol. The molecule has 2 saturated heterocycles. The van der Waals surface area contributed by atoms with E-state index in [1.54, 1.807) is 18.5 Å². The molecule has 4 heterocycles. The van der Waals surface area contributed by atoms with Crippen molar-refractivity contribution in [1.29, 1.82) is 5.26 Å². The van der Waals surface area contributed by atoms with E-state index in [0.717, 1.165) is 0 Å². The molecule has 2 aliphatic rings. The van der Waals surface area contributed by atoms with Gasteiger partial charge in [0.05, 0.1) is 32.3 Å². The van der Waals surface area contributed by atoms with Crippen LogP contribution in [0.1, 0.15) is 22.8 Å². The number of piperazine rings is 1. The summed E-state index contributed by atoms with van der Waals surface area (Å²) in [7, 11) is 1.42. The lowest BCUT2D eigenvalue weighted by Gasteiger charge is -2.46. The molecule has 12 nitrogen and oxygen atoms in total. The van der Waals surface area contributed by atoms with Crippen LogP contribution in [-0.2, 0) is 16.0 Å². The number of hydrogen-bond donors (Lipinski definition) is 0. The van der Waals surface area contributed by atoms with Gasteiger partial charge >= 0.3 is 0 Å². The number of morpholine rings is 1. The third kappa shape index (κ3) is 4.53. The van der Waals surface area contributed by atoms with E-state index in [-0.39, 0.29) is 35.8 Å². The lowest BCUT2D eigenvalue weighted by atomic mass is 10.00. The average Bonchev–Trinajstić information content (AvgIpc) is 3.43. The fourth-order valence-electron chi connectivity index (χ4n) is 4.45. The quantitative estimate of drug-likeness (QED) is 0.503. The van der Waals surface area contributed by atoms with Gasteiger partial charge < -0.3 is 14.4 Å². The Morgan fingerprint density at radius 2 is 2.11 bits per heavy atom. The van der Waals surface area contributed by atoms with Gasteiger partial charge in [0.2, 0.25) is 5.91 Å². The van der Waals surface area contributed by atoms with Gasteiger partial charge in [-0.1, -0.05) is 0 Å². The van der Waals surface area contributed by atoms with Crippen LogP contribution in [0.5, 0.6) is 5.75 Å². The Balaban J connectivity index is 1.20. The van der Waals surface area contributed by atoms with Gasteiger partial charge in [-0.15, -0.1) is 5.10 Å². The summed E-state index contributed by atoms with van der Waals surface area (Å²) in [6, 6.07) is 4.78. The van der Waals surface area contributed by atoms with E-state index in [0.29, 0.717) is 49.9 Å². The summed E-state index contributed by atoms with van der Waals surface area (Å²) in [5.41, 5.74) is 1.22. The minimum atomic E-state index is -0.621. The summed E-state index contributed by atoms with van der Waals surface area (Å²) in [5, 5.41) is 20.1. The summed E-state index contributed by atoms with van der Waals surface area (Å²) in [4.78, 5) is 25.4. The van der Waals surface area contributed by atoms with Crippen LogP contribution < -0.4 is 4.74 Å². The number of methoxy groups -OCH3 is 1. The molecule has 2 fully saturated rings. The van der Waals surface area contributed by atoms with Crippen molar-refractivity contribution in [2.45, 2.75) is 18.6 Å². The zero-order chi connectivity index (χ0) is 24.4. The van der Waals surface area contributed by atoms with Crippen molar-refractivity contribution in [2.24, 2.45) is 0 Å². The van der Waals surface area contributed by atoms with Crippen LogP contribution in [0, 0.1) is 17.1 Å². The normalized spacial score (nSPS) is 20.2. The summed E-state index contributed by atoms with van der Waals surface area (Å²) in [6.45, 7) is 2.76. The van der Waals surface area contributed by atoms with Crippen LogP contribution in [-0.4, -0.2) is 91.8 Å². The number of aromatic nitrogens is 6. The third-order valence-electron chi connectivity index (χ3n) is 6.25. The number of amides is 1. The zero-order valence-electron chi connectivity index (χ0n) is 18.9. The van der Waals surface area contributed by atoms with Crippen LogP contribution in [0.25, 0.3) is 5.95 Å². The number of ether oxygens (including phenoxy) is 2. The number of carbonyl (C=O) groups is 1. The minimum absolute atomic E-state index is 0.00980. The number of rotatable bonds is 5. The first-order valence-electron chi connectivity index (χ1n) is 11.0. The second-order valence-electron chi connectivity index (χ2n) is 8.29. The highest BCUT2D eigenvalue weighted by atomic mass is 19.1. The van der Waals surface area contributed by atoms with Crippen molar-refractivity contribution in [1.82, 2.24) is 40.0 Å². The second kappa shape index (κ2) is 9.69. The molecule has 3 aromatic rings. The van der Waals surface area contributed by atoms with E-state index in [1.165, 1.54) is 24.2 Å². The predicted octanol–water partition coefficient (Wildman–Crippen LogP) is 0.298. The number of halogens is 1. The van der Waals surface area contributed by atoms with Crippen molar-refractivity contribution in [3.8, 4) is 17.8 Å². The monoisotopic (exact) mass is 479 g/mol. The third-order valence-corrected chi connectivity index (χ3v) is 6.25. The van der Waals surface area contributed by atoms with Crippen molar-refractivity contribution in [2.75, 3.05) is 39.9 Å². The fourth-order valence-corrected chi connectivity index (χ4v) is 4.45. The Morgan fingerprint density at radius 1 is 1.29 bits per heavy atom. The van der Waals surface area contributed by atoms with E-state index in [1.807, 2.05) is 11.0 Å². The molecule has 0 radical (unpaired) electrons. The van der Waals surface area contributed by atoms with Gasteiger partial charge in [0.1, 0.15) is 29.5 Å². The van der Waals surface area contributed by atoms with Gasteiger partial charge in [-0.25, -0.2) is 14.4 Å². The molecule has 1 aromatic carbocycles. The molecule has 2 aliphatic heterocycles. The summed E-state index contributed by atoms with van der Waals surface area (Å²) in [6.07, 6.45) is 4.42. The highest BCUT2D eigenvalue weighted by molar-refractivity contribution is 5.78. The SMILES string of the molecule is COc1c([C@H]2CN3CCN(C(=O)Cc4cnc(-n5cnnn5)nc4)C[C@H]3CO2)ccc(F)c1C#N. The van der Waals surface area contributed by atoms with Crippen LogP contribution in [0.3, 0.4) is 0 Å². The highest BCUT2D eigenvalue weighted by Gasteiger charge is 2.36. The Labute approximate surface area is 199 Å². The number of fused-ring (bicyclic) bond motifs is 1. The number of hydrogen-bond acceptors (Lipinski definition) is 10. The Morgan fingerprint density at radius 3 is 2.83 bits per heavy atom. The topological polar surface area (TPSA) is 135 Å². The molecule has 13 heteroatoms. The average molecular weight is 479 g/mol. The van der Waals surface area contributed by atoms with E-state index in [9.17, 15) is 14.4 Å². The first-order valence-corrected chi connectivity index (χ1v) is 11.0. The first-order chi connectivity index (χ1) is 17.1. The molecule has 2 aromatic heterocycles. The Bertz CT molecular complexity index is 1250. The maximum Gasteiger partial charge on any atom is 0.253 e. The van der Waals surface area contributed by atoms with Crippen molar-refractivity contribution in [3.05, 3.63) is 53.4 Å². The van der Waals surface area contributed by atoms with E-state index in [4.69, 9.17) is 9.47 Å². The Hall–Kier alpha value is -4.02. The summed E-state index contributed by atoms with van der Waals surface area (Å²) in [5.74, 6) is -0.0970. The minimum Gasteiger partial charge on any atom is -0.495 e. The summed E-state index contributed by atoms with van der Waals surface area (Å²) < 4.78 is 26.8. The van der Waals surface area contributed by atoms with E-state index >= 15 is 0 Å². The molecule has 0 saturated carbocycles. The van der Waals surface area contributed by atoms with Crippen LogP contribution >= 0.6 is 0 Å². The molecule has 2 atom stereocenters. The number of nitrogens with zero attached hydrogens (tertiary/aromatic N) is 9. The number of carbonyl (C=O) groups excluding carboxylic acids is 1. The second-order valence-corrected chi connectivity index (χ2v) is 8.29. The molecular weight excluding hydrogens is 457 g/mol. The lowest BCUT2D eigenvalue weighted by molar-refractivity contribution is -0.139. The molecule has 0 spiro atoms. The molecule has 0 aliphatic carbocycles. The largest absolute Gasteiger partial charge is 0.495 e. The zero-order valence-corrected chi connectivity index (χ0v) is 18.9. The maximum absolute atomic E-state index is 14.0. The van der Waals surface area contributed by atoms with Gasteiger partial charge in [0.15, 0.2) is 0 Å². The van der Waals surface area contributed by atoms with Crippen molar-refractivity contribution >= 4 is 5.91 Å². The van der Waals surface area contributed by atoms with Gasteiger partial charge in [-0.05, 0) is 28.1 Å². The van der Waals surface area contributed by atoms with E-state index < -0.39 is 5.82 Å². The smallest absolute Gasteiger partial charge is 0.253 e. The molecule has 0 bridgehead atoms. The molecule has 0 N–H and O–H groups in total. The molecule has 0 unspecified atom stereocenters. The number of tetrazole rings is 1. The number of nitriles is 1. The van der Waals surface area contributed by atoms with Gasteiger partial charge in [0, 0.05) is 44.1 Å². The molecule has 180 valence electrons. The van der Waals surface area contributed by atoms with Crippen molar-refractivity contribution in [3.63, 3.8) is 0 Å². The first kappa shape index (κ1) is 22.8. The molecular formula is C22H22FN9O3. The van der Waals surface area contributed by atoms with E-state index in [2.05, 4.69) is 30.4 Å². The van der Waals surface area contributed by atoms with Gasteiger partial charge in [0.25, 0.3) is 5.95 Å². The maximum atomic E-state index is 14.0.